The summed E-state index contributed by atoms with van der Waals surface area (Å²) in [7, 11) is 2.08. The van der Waals surface area contributed by atoms with E-state index < -0.39 is 0 Å². The maximum atomic E-state index is 12.3. The Morgan fingerprint density at radius 3 is 2.70 bits per heavy atom. The average molecular weight is 429 g/mol. The molecule has 1 aromatic carbocycles. The summed E-state index contributed by atoms with van der Waals surface area (Å²) in [5.74, 6) is 1.72. The molecule has 0 spiro atoms. The number of benzene rings is 1. The molecule has 0 radical (unpaired) electrons. The van der Waals surface area contributed by atoms with Gasteiger partial charge < -0.3 is 15.0 Å². The molecule has 1 fully saturated rings. The standard InChI is InChI=1S/C23H32N4O2S/c1-5-12-27(4)21-16(2)17(3)25-23(26-21)30-15-18-8-10-19(11-9-18)22(28)24-14-20-7-6-13-29-20/h8-11,20H,5-7,12-15H2,1-4H3,(H,24,28)/t20-/m0/s1. The van der Waals surface area contributed by atoms with Crippen molar-refractivity contribution in [3.05, 3.63) is 46.6 Å². The number of ether oxygens (including phenoxy) is 1. The highest BCUT2D eigenvalue weighted by atomic mass is 32.2. The lowest BCUT2D eigenvalue weighted by atomic mass is 10.1. The Bertz CT molecular complexity index is 851. The molecule has 1 aliphatic rings. The fraction of sp³-hybridized carbons (Fsp3) is 0.522. The normalized spacial score (nSPS) is 15.9. The van der Waals surface area contributed by atoms with Crippen LogP contribution in [0.3, 0.4) is 0 Å². The van der Waals surface area contributed by atoms with Crippen LogP contribution in [0.25, 0.3) is 0 Å². The van der Waals surface area contributed by atoms with Crippen molar-refractivity contribution in [2.24, 2.45) is 0 Å². The molecule has 6 nitrogen and oxygen atoms in total. The van der Waals surface area contributed by atoms with Crippen molar-refractivity contribution in [2.45, 2.75) is 57.0 Å². The largest absolute Gasteiger partial charge is 0.376 e. The molecule has 3 rings (SSSR count). The van der Waals surface area contributed by atoms with Gasteiger partial charge in [-0.15, -0.1) is 0 Å². The quantitative estimate of drug-likeness (QED) is 0.478. The first-order valence-corrected chi connectivity index (χ1v) is 11.6. The molecule has 1 atom stereocenters. The van der Waals surface area contributed by atoms with Gasteiger partial charge >= 0.3 is 0 Å². The molecule has 2 heterocycles. The number of hydrogen-bond donors (Lipinski definition) is 1. The summed E-state index contributed by atoms with van der Waals surface area (Å²) in [6.45, 7) is 8.63. The number of nitrogens with zero attached hydrogens (tertiary/aromatic N) is 3. The number of carbonyl (C=O) groups is 1. The zero-order valence-corrected chi connectivity index (χ0v) is 19.2. The Morgan fingerprint density at radius 1 is 1.27 bits per heavy atom. The Labute approximate surface area is 183 Å². The molecule has 1 aliphatic heterocycles. The number of aryl methyl sites for hydroxylation is 1. The van der Waals surface area contributed by atoms with E-state index >= 15 is 0 Å². The van der Waals surface area contributed by atoms with Crippen LogP contribution >= 0.6 is 11.8 Å². The van der Waals surface area contributed by atoms with E-state index in [0.29, 0.717) is 12.1 Å². The Kier molecular flexibility index (Phi) is 8.10. The first-order valence-electron chi connectivity index (χ1n) is 10.7. The fourth-order valence-electron chi connectivity index (χ4n) is 3.48. The van der Waals surface area contributed by atoms with Gasteiger partial charge in [0.05, 0.1) is 6.10 Å². The third-order valence-electron chi connectivity index (χ3n) is 5.36. The third-order valence-corrected chi connectivity index (χ3v) is 6.28. The Morgan fingerprint density at radius 2 is 2.03 bits per heavy atom. The zero-order valence-electron chi connectivity index (χ0n) is 18.4. The Balaban J connectivity index is 1.57. The summed E-state index contributed by atoms with van der Waals surface area (Å²) in [5, 5.41) is 3.75. The van der Waals surface area contributed by atoms with Crippen LogP contribution in [-0.2, 0) is 10.5 Å². The Hall–Kier alpha value is -2.12. The first-order chi connectivity index (χ1) is 14.5. The average Bonchev–Trinajstić information content (AvgIpc) is 3.27. The maximum Gasteiger partial charge on any atom is 0.251 e. The van der Waals surface area contributed by atoms with Gasteiger partial charge in [-0.2, -0.15) is 0 Å². The molecule has 0 saturated carbocycles. The second-order valence-electron chi connectivity index (χ2n) is 7.79. The van der Waals surface area contributed by atoms with Crippen molar-refractivity contribution >= 4 is 23.5 Å². The van der Waals surface area contributed by atoms with Crippen LogP contribution in [0.4, 0.5) is 5.82 Å². The predicted octanol–water partition coefficient (Wildman–Crippen LogP) is 4.14. The summed E-state index contributed by atoms with van der Waals surface area (Å²) in [5.41, 5.74) is 3.96. The van der Waals surface area contributed by atoms with Crippen LogP contribution in [0, 0.1) is 13.8 Å². The molecule has 162 valence electrons. The monoisotopic (exact) mass is 428 g/mol. The van der Waals surface area contributed by atoms with Crippen molar-refractivity contribution in [1.29, 1.82) is 0 Å². The van der Waals surface area contributed by atoms with Crippen LogP contribution in [0.1, 0.15) is 53.4 Å². The van der Waals surface area contributed by atoms with Gasteiger partial charge in [-0.25, -0.2) is 9.97 Å². The molecule has 1 aromatic heterocycles. The molecule has 0 aliphatic carbocycles. The molecule has 0 bridgehead atoms. The maximum absolute atomic E-state index is 12.3. The number of carbonyl (C=O) groups excluding carboxylic acids is 1. The minimum atomic E-state index is -0.0502. The predicted molar refractivity (Wildman–Crippen MR) is 122 cm³/mol. The van der Waals surface area contributed by atoms with Crippen LogP contribution in [-0.4, -0.2) is 48.7 Å². The highest BCUT2D eigenvalue weighted by Gasteiger charge is 2.17. The number of amides is 1. The van der Waals surface area contributed by atoms with Gasteiger partial charge in [0.25, 0.3) is 5.91 Å². The number of rotatable bonds is 9. The van der Waals surface area contributed by atoms with E-state index in [0.717, 1.165) is 66.0 Å². The summed E-state index contributed by atoms with van der Waals surface area (Å²) >= 11 is 1.62. The summed E-state index contributed by atoms with van der Waals surface area (Å²) in [6.07, 6.45) is 3.33. The van der Waals surface area contributed by atoms with Crippen LogP contribution in [0.15, 0.2) is 29.4 Å². The SMILES string of the molecule is CCCN(C)c1nc(SCc2ccc(C(=O)NC[C@@H]3CCCO3)cc2)nc(C)c1C. The highest BCUT2D eigenvalue weighted by Crippen LogP contribution is 2.25. The number of hydrogen-bond acceptors (Lipinski definition) is 6. The van der Waals surface area contributed by atoms with Crippen molar-refractivity contribution in [3.8, 4) is 0 Å². The van der Waals surface area contributed by atoms with Crippen molar-refractivity contribution in [3.63, 3.8) is 0 Å². The van der Waals surface area contributed by atoms with Gasteiger partial charge in [-0.1, -0.05) is 30.8 Å². The molecular formula is C23H32N4O2S. The number of nitrogens with one attached hydrogen (secondary N) is 1. The van der Waals surface area contributed by atoms with Gasteiger partial charge in [0.2, 0.25) is 0 Å². The van der Waals surface area contributed by atoms with E-state index in [1.807, 2.05) is 31.2 Å². The van der Waals surface area contributed by atoms with E-state index in [2.05, 4.69) is 36.1 Å². The van der Waals surface area contributed by atoms with Crippen LogP contribution in [0.5, 0.6) is 0 Å². The molecule has 30 heavy (non-hydrogen) atoms. The van der Waals surface area contributed by atoms with Gasteiger partial charge in [-0.3, -0.25) is 4.79 Å². The first kappa shape index (κ1) is 22.6. The van der Waals surface area contributed by atoms with E-state index in [1.165, 1.54) is 0 Å². The molecule has 1 N–H and O–H groups in total. The van der Waals surface area contributed by atoms with E-state index in [4.69, 9.17) is 9.72 Å². The van der Waals surface area contributed by atoms with Crippen molar-refractivity contribution in [1.82, 2.24) is 15.3 Å². The van der Waals surface area contributed by atoms with Crippen LogP contribution < -0.4 is 10.2 Å². The van der Waals surface area contributed by atoms with Gasteiger partial charge in [-0.05, 0) is 50.8 Å². The third kappa shape index (κ3) is 5.95. The highest BCUT2D eigenvalue weighted by molar-refractivity contribution is 7.98. The number of aromatic nitrogens is 2. The molecule has 1 saturated heterocycles. The lowest BCUT2D eigenvalue weighted by Gasteiger charge is -2.20. The summed E-state index contributed by atoms with van der Waals surface area (Å²) < 4.78 is 5.55. The van der Waals surface area contributed by atoms with Gasteiger partial charge in [0, 0.05) is 49.3 Å². The molecule has 1 amide bonds. The lowest BCUT2D eigenvalue weighted by molar-refractivity contribution is 0.0858. The van der Waals surface area contributed by atoms with Crippen molar-refractivity contribution < 1.29 is 9.53 Å². The van der Waals surface area contributed by atoms with E-state index in [1.54, 1.807) is 11.8 Å². The van der Waals surface area contributed by atoms with Gasteiger partial charge in [0.15, 0.2) is 5.16 Å². The van der Waals surface area contributed by atoms with Gasteiger partial charge in [0.1, 0.15) is 5.82 Å². The number of anilines is 1. The molecule has 0 unspecified atom stereocenters. The van der Waals surface area contributed by atoms with Crippen LogP contribution in [0.2, 0.25) is 0 Å². The van der Waals surface area contributed by atoms with Crippen molar-refractivity contribution in [2.75, 3.05) is 31.6 Å². The summed E-state index contributed by atoms with van der Waals surface area (Å²) in [4.78, 5) is 23.9. The second-order valence-corrected chi connectivity index (χ2v) is 8.73. The summed E-state index contributed by atoms with van der Waals surface area (Å²) in [6, 6.07) is 7.75. The minimum Gasteiger partial charge on any atom is -0.376 e. The minimum absolute atomic E-state index is 0.0502. The second kappa shape index (κ2) is 10.8. The molecule has 7 heteroatoms. The topological polar surface area (TPSA) is 67.4 Å². The zero-order chi connectivity index (χ0) is 21.5. The van der Waals surface area contributed by atoms with E-state index in [-0.39, 0.29) is 12.0 Å². The smallest absolute Gasteiger partial charge is 0.251 e. The number of thioether (sulfide) groups is 1. The fourth-order valence-corrected chi connectivity index (χ4v) is 4.32. The lowest BCUT2D eigenvalue weighted by Crippen LogP contribution is -2.31. The molecule has 2 aromatic rings. The molecular weight excluding hydrogens is 396 g/mol. The van der Waals surface area contributed by atoms with E-state index in [9.17, 15) is 4.79 Å².